The van der Waals surface area contributed by atoms with Crippen LogP contribution in [-0.4, -0.2) is 25.7 Å². The first-order valence-corrected chi connectivity index (χ1v) is 9.20. The Kier molecular flexibility index (Phi) is 4.61. The number of carbonyl (C=O) groups excluding carboxylic acids is 1. The van der Waals surface area contributed by atoms with Gasteiger partial charge in [0.25, 0.3) is 0 Å². The van der Waals surface area contributed by atoms with E-state index in [1.54, 1.807) is 12.4 Å². The molecule has 3 aromatic heterocycles. The van der Waals surface area contributed by atoms with Gasteiger partial charge in [0.05, 0.1) is 17.1 Å². The molecule has 0 saturated carbocycles. The number of nitrogens with one attached hydrogen (secondary N) is 2. The maximum atomic E-state index is 12.3. The van der Waals surface area contributed by atoms with Crippen molar-refractivity contribution < 1.29 is 4.79 Å². The zero-order valence-electron chi connectivity index (χ0n) is 16.0. The van der Waals surface area contributed by atoms with Gasteiger partial charge in [-0.1, -0.05) is 19.9 Å². The molecule has 2 N–H and O–H groups in total. The fraction of sp³-hybridized carbons (Fsp3) is 0.182. The number of hydrogen-bond donors (Lipinski definition) is 2. The minimum Gasteiger partial charge on any atom is -0.352 e. The highest BCUT2D eigenvalue weighted by molar-refractivity contribution is 6.01. The molecule has 0 aliphatic heterocycles. The monoisotopic (exact) mass is 371 g/mol. The van der Waals surface area contributed by atoms with Gasteiger partial charge in [-0.05, 0) is 48.9 Å². The van der Waals surface area contributed by atoms with E-state index in [-0.39, 0.29) is 11.7 Å². The number of aromatic amines is 1. The summed E-state index contributed by atoms with van der Waals surface area (Å²) >= 11 is 0. The molecular formula is C22H21N5O. The van der Waals surface area contributed by atoms with Crippen molar-refractivity contribution in [1.29, 1.82) is 0 Å². The molecule has 3 heterocycles. The van der Waals surface area contributed by atoms with E-state index in [1.807, 2.05) is 63.2 Å². The Hall–Kier alpha value is -3.54. The first kappa shape index (κ1) is 17.9. The summed E-state index contributed by atoms with van der Waals surface area (Å²) in [7, 11) is 0. The molecule has 4 rings (SSSR count). The first-order valence-electron chi connectivity index (χ1n) is 9.20. The number of benzene rings is 1. The highest BCUT2D eigenvalue weighted by Gasteiger charge is 2.15. The van der Waals surface area contributed by atoms with Crippen LogP contribution in [-0.2, 0) is 0 Å². The summed E-state index contributed by atoms with van der Waals surface area (Å²) in [5.41, 5.74) is 5.06. The summed E-state index contributed by atoms with van der Waals surface area (Å²) in [6.45, 7) is 5.82. The van der Waals surface area contributed by atoms with E-state index in [4.69, 9.17) is 0 Å². The quantitative estimate of drug-likeness (QED) is 0.487. The van der Waals surface area contributed by atoms with E-state index < -0.39 is 0 Å². The molecule has 0 amide bonds. The number of rotatable bonds is 5. The van der Waals surface area contributed by atoms with Crippen LogP contribution in [0.25, 0.3) is 22.3 Å². The molecule has 4 aromatic rings. The van der Waals surface area contributed by atoms with Crippen LogP contribution >= 0.6 is 0 Å². The van der Waals surface area contributed by atoms with Gasteiger partial charge >= 0.3 is 0 Å². The van der Waals surface area contributed by atoms with Gasteiger partial charge in [-0.25, -0.2) is 9.97 Å². The van der Waals surface area contributed by atoms with E-state index in [0.29, 0.717) is 11.6 Å². The summed E-state index contributed by atoms with van der Waals surface area (Å²) < 4.78 is 0. The van der Waals surface area contributed by atoms with E-state index in [1.165, 1.54) is 0 Å². The van der Waals surface area contributed by atoms with Crippen molar-refractivity contribution in [3.05, 3.63) is 66.1 Å². The van der Waals surface area contributed by atoms with Gasteiger partial charge in [0.2, 0.25) is 5.95 Å². The lowest BCUT2D eigenvalue weighted by Gasteiger charge is -2.08. The fourth-order valence-electron chi connectivity index (χ4n) is 3.15. The van der Waals surface area contributed by atoms with Gasteiger partial charge in [0.15, 0.2) is 5.78 Å². The Balaban J connectivity index is 1.66. The summed E-state index contributed by atoms with van der Waals surface area (Å²) in [6, 6.07) is 13.5. The Morgan fingerprint density at radius 3 is 2.64 bits per heavy atom. The van der Waals surface area contributed by atoms with Crippen LogP contribution in [0, 0.1) is 12.8 Å². The normalized spacial score (nSPS) is 11.1. The number of aromatic nitrogens is 4. The number of hydrogen-bond acceptors (Lipinski definition) is 5. The maximum Gasteiger partial charge on any atom is 0.227 e. The number of ketones is 1. The fourth-order valence-corrected chi connectivity index (χ4v) is 3.15. The molecule has 0 fully saturated rings. The van der Waals surface area contributed by atoms with Crippen LogP contribution in [0.1, 0.15) is 29.9 Å². The molecule has 0 radical (unpaired) electrons. The van der Waals surface area contributed by atoms with Gasteiger partial charge in [-0.2, -0.15) is 0 Å². The van der Waals surface area contributed by atoms with Crippen LogP contribution in [0.15, 0.2) is 54.9 Å². The van der Waals surface area contributed by atoms with Crippen LogP contribution in [0.2, 0.25) is 0 Å². The SMILES string of the molecule is Cc1cc(Nc2nccc(-c3ccccn3)n2)cc2cc(C(=O)C(C)C)[nH]c12. The van der Waals surface area contributed by atoms with Crippen LogP contribution in [0.4, 0.5) is 11.6 Å². The first-order chi connectivity index (χ1) is 13.5. The molecule has 0 atom stereocenters. The Morgan fingerprint density at radius 1 is 1.04 bits per heavy atom. The third-order valence-electron chi connectivity index (χ3n) is 4.55. The molecule has 0 bridgehead atoms. The lowest BCUT2D eigenvalue weighted by atomic mass is 10.1. The van der Waals surface area contributed by atoms with Gasteiger partial charge in [0, 0.05) is 34.9 Å². The molecule has 0 unspecified atom stereocenters. The largest absolute Gasteiger partial charge is 0.352 e. The standard InChI is InChI=1S/C22H21N5O/c1-13(2)21(28)19-12-15-11-16(10-14(3)20(15)26-19)25-22-24-9-7-18(27-22)17-6-4-5-8-23-17/h4-13,26H,1-3H3,(H,24,25,27). The molecule has 140 valence electrons. The Bertz CT molecular complexity index is 1150. The number of pyridine rings is 1. The molecule has 0 aliphatic carbocycles. The number of anilines is 2. The van der Waals surface area contributed by atoms with E-state index >= 15 is 0 Å². The van der Waals surface area contributed by atoms with Crippen molar-refractivity contribution in [2.45, 2.75) is 20.8 Å². The van der Waals surface area contributed by atoms with Crippen LogP contribution in [0.3, 0.4) is 0 Å². The average molecular weight is 371 g/mol. The number of H-pyrrole nitrogens is 1. The topological polar surface area (TPSA) is 83.6 Å². The summed E-state index contributed by atoms with van der Waals surface area (Å²) in [5.74, 6) is 0.557. The van der Waals surface area contributed by atoms with Crippen molar-refractivity contribution in [3.8, 4) is 11.4 Å². The van der Waals surface area contributed by atoms with Crippen LogP contribution < -0.4 is 5.32 Å². The van der Waals surface area contributed by atoms with Gasteiger partial charge in [0.1, 0.15) is 0 Å². The zero-order valence-corrected chi connectivity index (χ0v) is 16.0. The molecule has 1 aromatic carbocycles. The van der Waals surface area contributed by atoms with Crippen LogP contribution in [0.5, 0.6) is 0 Å². The van der Waals surface area contributed by atoms with E-state index in [2.05, 4.69) is 25.3 Å². The second kappa shape index (κ2) is 7.23. The van der Waals surface area contributed by atoms with Crippen molar-refractivity contribution in [2.24, 2.45) is 5.92 Å². The van der Waals surface area contributed by atoms with E-state index in [9.17, 15) is 4.79 Å². The lowest BCUT2D eigenvalue weighted by molar-refractivity contribution is 0.0935. The molecule has 6 nitrogen and oxygen atoms in total. The Labute approximate surface area is 163 Å². The Morgan fingerprint density at radius 2 is 1.89 bits per heavy atom. The lowest BCUT2D eigenvalue weighted by Crippen LogP contribution is -2.07. The molecule has 0 saturated heterocycles. The number of nitrogens with zero attached hydrogens (tertiary/aromatic N) is 3. The number of Topliss-reactive ketones (excluding diaryl/α,β-unsaturated/α-hetero) is 1. The molecular weight excluding hydrogens is 350 g/mol. The molecule has 0 aliphatic rings. The highest BCUT2D eigenvalue weighted by Crippen LogP contribution is 2.27. The van der Waals surface area contributed by atoms with Crippen molar-refractivity contribution in [3.63, 3.8) is 0 Å². The molecule has 0 spiro atoms. The van der Waals surface area contributed by atoms with Crippen molar-refractivity contribution in [1.82, 2.24) is 19.9 Å². The smallest absolute Gasteiger partial charge is 0.227 e. The zero-order chi connectivity index (χ0) is 19.7. The maximum absolute atomic E-state index is 12.3. The third kappa shape index (κ3) is 3.49. The summed E-state index contributed by atoms with van der Waals surface area (Å²) in [5, 5.41) is 4.24. The third-order valence-corrected chi connectivity index (χ3v) is 4.55. The predicted molar refractivity (Wildman–Crippen MR) is 111 cm³/mol. The number of carbonyl (C=O) groups is 1. The minimum absolute atomic E-state index is 0.0475. The summed E-state index contributed by atoms with van der Waals surface area (Å²) in [4.78, 5) is 28.8. The predicted octanol–water partition coefficient (Wildman–Crippen LogP) is 4.91. The van der Waals surface area contributed by atoms with Gasteiger partial charge in [-0.3, -0.25) is 9.78 Å². The number of fused-ring (bicyclic) bond motifs is 1. The minimum atomic E-state index is -0.0475. The number of aryl methyl sites for hydroxylation is 1. The second-order valence-electron chi connectivity index (χ2n) is 7.06. The van der Waals surface area contributed by atoms with Crippen molar-refractivity contribution >= 4 is 28.3 Å². The molecule has 28 heavy (non-hydrogen) atoms. The van der Waals surface area contributed by atoms with Gasteiger partial charge < -0.3 is 10.3 Å². The van der Waals surface area contributed by atoms with E-state index in [0.717, 1.165) is 33.5 Å². The second-order valence-corrected chi connectivity index (χ2v) is 7.06. The van der Waals surface area contributed by atoms with Gasteiger partial charge in [-0.15, -0.1) is 0 Å². The molecule has 6 heteroatoms. The average Bonchev–Trinajstić information content (AvgIpc) is 3.13. The van der Waals surface area contributed by atoms with Crippen molar-refractivity contribution in [2.75, 3.05) is 5.32 Å². The summed E-state index contributed by atoms with van der Waals surface area (Å²) in [6.07, 6.45) is 3.45. The highest BCUT2D eigenvalue weighted by atomic mass is 16.1.